The number of nitrogens with one attached hydrogen (secondary N) is 1. The summed E-state index contributed by atoms with van der Waals surface area (Å²) in [6.07, 6.45) is 0. The number of hydrogen-bond acceptors (Lipinski definition) is 4. The van der Waals surface area contributed by atoms with Crippen LogP contribution in [0.15, 0.2) is 0 Å². The average molecular weight is 244 g/mol. The molecule has 0 amide bonds. The number of sulfonamides is 1. The first-order chi connectivity index (χ1) is 6.31. The van der Waals surface area contributed by atoms with Gasteiger partial charge in [0, 0.05) is 6.54 Å². The topological polar surface area (TPSA) is 72.5 Å². The van der Waals surface area contributed by atoms with Gasteiger partial charge in [-0.1, -0.05) is 0 Å². The molecule has 0 aromatic rings. The minimum absolute atomic E-state index is 0.158. The molecular formula is C7H14ClNO4S. The summed E-state index contributed by atoms with van der Waals surface area (Å²) in [4.78, 5) is 10.8. The van der Waals surface area contributed by atoms with Crippen LogP contribution in [0.1, 0.15) is 13.8 Å². The second-order valence-corrected chi connectivity index (χ2v) is 5.78. The van der Waals surface area contributed by atoms with E-state index in [1.807, 2.05) is 0 Å². The van der Waals surface area contributed by atoms with E-state index < -0.39 is 26.6 Å². The van der Waals surface area contributed by atoms with Crippen molar-refractivity contribution in [3.63, 3.8) is 0 Å². The standard InChI is InChI=1S/C7H14ClNO4S/c1-5(2)14(11,12)9-4-6(8)7(10)13-3/h5-6,9H,4H2,1-3H3. The Morgan fingerprint density at radius 2 is 2.00 bits per heavy atom. The maximum Gasteiger partial charge on any atom is 0.325 e. The van der Waals surface area contributed by atoms with E-state index in [0.29, 0.717) is 0 Å². The van der Waals surface area contributed by atoms with Crippen LogP contribution in [0.2, 0.25) is 0 Å². The molecule has 0 spiro atoms. The number of halogens is 1. The second-order valence-electron chi connectivity index (χ2n) is 2.93. The lowest BCUT2D eigenvalue weighted by Crippen LogP contribution is -2.37. The summed E-state index contributed by atoms with van der Waals surface area (Å²) in [7, 11) is -2.19. The lowest BCUT2D eigenvalue weighted by Gasteiger charge is -2.11. The van der Waals surface area contributed by atoms with Gasteiger partial charge in [0.2, 0.25) is 10.0 Å². The molecule has 0 fully saturated rings. The van der Waals surface area contributed by atoms with Crippen LogP contribution < -0.4 is 4.72 Å². The largest absolute Gasteiger partial charge is 0.468 e. The van der Waals surface area contributed by atoms with Crippen molar-refractivity contribution in [2.24, 2.45) is 0 Å². The van der Waals surface area contributed by atoms with Crippen LogP contribution >= 0.6 is 11.6 Å². The number of alkyl halides is 1. The lowest BCUT2D eigenvalue weighted by atomic mass is 10.4. The average Bonchev–Trinajstić information content (AvgIpc) is 2.12. The lowest BCUT2D eigenvalue weighted by molar-refractivity contribution is -0.140. The Morgan fingerprint density at radius 3 is 2.36 bits per heavy atom. The fraction of sp³-hybridized carbons (Fsp3) is 0.857. The zero-order chi connectivity index (χ0) is 11.4. The summed E-state index contributed by atoms with van der Waals surface area (Å²) in [5.74, 6) is -0.655. The molecule has 0 bridgehead atoms. The van der Waals surface area contributed by atoms with Crippen LogP contribution in [-0.2, 0) is 19.6 Å². The molecule has 0 saturated heterocycles. The van der Waals surface area contributed by atoms with Crippen molar-refractivity contribution in [3.8, 4) is 0 Å². The van der Waals surface area contributed by atoms with Gasteiger partial charge in [-0.15, -0.1) is 11.6 Å². The molecule has 0 radical (unpaired) electrons. The SMILES string of the molecule is COC(=O)C(Cl)CNS(=O)(=O)C(C)C. The van der Waals surface area contributed by atoms with Crippen LogP contribution in [0.25, 0.3) is 0 Å². The summed E-state index contributed by atoms with van der Waals surface area (Å²) in [6, 6.07) is 0. The first kappa shape index (κ1) is 13.7. The molecule has 7 heteroatoms. The van der Waals surface area contributed by atoms with Crippen LogP contribution in [0.5, 0.6) is 0 Å². The van der Waals surface area contributed by atoms with Gasteiger partial charge >= 0.3 is 5.97 Å². The van der Waals surface area contributed by atoms with Crippen molar-refractivity contribution >= 4 is 27.6 Å². The fourth-order valence-corrected chi connectivity index (χ4v) is 1.56. The molecule has 0 heterocycles. The van der Waals surface area contributed by atoms with Gasteiger partial charge in [-0.05, 0) is 13.8 Å². The fourth-order valence-electron chi connectivity index (χ4n) is 0.567. The van der Waals surface area contributed by atoms with Crippen LogP contribution in [0.3, 0.4) is 0 Å². The number of carbonyl (C=O) groups is 1. The van der Waals surface area contributed by atoms with Gasteiger partial charge in [-0.25, -0.2) is 13.1 Å². The summed E-state index contributed by atoms with van der Waals surface area (Å²) < 4.78 is 29.0. The summed E-state index contributed by atoms with van der Waals surface area (Å²) in [6.45, 7) is 2.90. The molecule has 0 saturated carbocycles. The summed E-state index contributed by atoms with van der Waals surface area (Å²) in [5.41, 5.74) is 0. The van der Waals surface area contributed by atoms with Gasteiger partial charge in [0.05, 0.1) is 12.4 Å². The van der Waals surface area contributed by atoms with E-state index in [2.05, 4.69) is 9.46 Å². The molecule has 0 aromatic heterocycles. The molecule has 84 valence electrons. The van der Waals surface area contributed by atoms with Gasteiger partial charge in [0.15, 0.2) is 0 Å². The highest BCUT2D eigenvalue weighted by Gasteiger charge is 2.21. The highest BCUT2D eigenvalue weighted by atomic mass is 35.5. The Labute approximate surface area is 88.8 Å². The third-order valence-corrected chi connectivity index (χ3v) is 3.68. The predicted octanol–water partition coefficient (Wildman–Crippen LogP) is 0.0946. The highest BCUT2D eigenvalue weighted by molar-refractivity contribution is 7.90. The van der Waals surface area contributed by atoms with E-state index in [9.17, 15) is 13.2 Å². The number of carbonyl (C=O) groups excluding carboxylic acids is 1. The van der Waals surface area contributed by atoms with Crippen LogP contribution in [-0.4, -0.2) is 38.7 Å². The quantitative estimate of drug-likeness (QED) is 0.549. The normalized spacial score (nSPS) is 14.1. The van der Waals surface area contributed by atoms with Crippen LogP contribution in [0, 0.1) is 0 Å². The molecule has 5 nitrogen and oxygen atoms in total. The van der Waals surface area contributed by atoms with E-state index in [4.69, 9.17) is 11.6 Å². The zero-order valence-corrected chi connectivity index (χ0v) is 9.85. The van der Waals surface area contributed by atoms with E-state index in [1.165, 1.54) is 21.0 Å². The zero-order valence-electron chi connectivity index (χ0n) is 8.28. The third-order valence-electron chi connectivity index (χ3n) is 1.54. The minimum Gasteiger partial charge on any atom is -0.468 e. The molecular weight excluding hydrogens is 230 g/mol. The van der Waals surface area contributed by atoms with Gasteiger partial charge in [-0.2, -0.15) is 0 Å². The molecule has 0 aliphatic carbocycles. The molecule has 1 atom stereocenters. The highest BCUT2D eigenvalue weighted by Crippen LogP contribution is 2.00. The van der Waals surface area contributed by atoms with Crippen molar-refractivity contribution < 1.29 is 17.9 Å². The molecule has 0 aliphatic rings. The molecule has 14 heavy (non-hydrogen) atoms. The van der Waals surface area contributed by atoms with E-state index >= 15 is 0 Å². The first-order valence-electron chi connectivity index (χ1n) is 4.01. The van der Waals surface area contributed by atoms with E-state index in [0.717, 1.165) is 0 Å². The van der Waals surface area contributed by atoms with Crippen molar-refractivity contribution in [1.29, 1.82) is 0 Å². The van der Waals surface area contributed by atoms with Gasteiger partial charge < -0.3 is 4.74 Å². The Hall–Kier alpha value is -0.330. The molecule has 1 unspecified atom stereocenters. The van der Waals surface area contributed by atoms with Crippen molar-refractivity contribution in [1.82, 2.24) is 4.72 Å². The number of rotatable bonds is 5. The van der Waals surface area contributed by atoms with E-state index in [1.54, 1.807) is 0 Å². The Bertz CT molecular complexity index is 288. The maximum atomic E-state index is 11.2. The van der Waals surface area contributed by atoms with Crippen molar-refractivity contribution in [2.75, 3.05) is 13.7 Å². The van der Waals surface area contributed by atoms with Crippen LogP contribution in [0.4, 0.5) is 0 Å². The smallest absolute Gasteiger partial charge is 0.325 e. The third kappa shape index (κ3) is 4.26. The van der Waals surface area contributed by atoms with Gasteiger partial charge in [0.1, 0.15) is 5.38 Å². The molecule has 1 N–H and O–H groups in total. The summed E-state index contributed by atoms with van der Waals surface area (Å²) in [5, 5.41) is -1.54. The number of esters is 1. The maximum absolute atomic E-state index is 11.2. The van der Waals surface area contributed by atoms with Crippen molar-refractivity contribution in [3.05, 3.63) is 0 Å². The Kier molecular flexibility index (Phi) is 5.40. The number of methoxy groups -OCH3 is 1. The first-order valence-corrected chi connectivity index (χ1v) is 6.00. The predicted molar refractivity (Wildman–Crippen MR) is 53.7 cm³/mol. The summed E-state index contributed by atoms with van der Waals surface area (Å²) >= 11 is 5.54. The monoisotopic (exact) mass is 243 g/mol. The Morgan fingerprint density at radius 1 is 1.50 bits per heavy atom. The molecule has 0 rings (SSSR count). The molecule has 0 aliphatic heterocycles. The van der Waals surface area contributed by atoms with Gasteiger partial charge in [0.25, 0.3) is 0 Å². The number of ether oxygens (including phenoxy) is 1. The van der Waals surface area contributed by atoms with Gasteiger partial charge in [-0.3, -0.25) is 4.79 Å². The second kappa shape index (κ2) is 5.53. The number of hydrogen-bond donors (Lipinski definition) is 1. The van der Waals surface area contributed by atoms with E-state index in [-0.39, 0.29) is 6.54 Å². The molecule has 0 aromatic carbocycles. The Balaban J connectivity index is 4.14. The minimum atomic E-state index is -3.38. The van der Waals surface area contributed by atoms with Crippen molar-refractivity contribution in [2.45, 2.75) is 24.5 Å².